The summed E-state index contributed by atoms with van der Waals surface area (Å²) in [5.74, 6) is 1.75. The second-order valence-electron chi connectivity index (χ2n) is 3.96. The van der Waals surface area contributed by atoms with E-state index in [4.69, 9.17) is 8.94 Å². The molecule has 0 saturated heterocycles. The SMILES string of the molecule is CNCc1nc(-c2ccc3nc(C)oc3c2)no1. The van der Waals surface area contributed by atoms with Gasteiger partial charge in [-0.25, -0.2) is 4.98 Å². The maximum Gasteiger partial charge on any atom is 0.240 e. The van der Waals surface area contributed by atoms with Gasteiger partial charge in [-0.05, 0) is 25.2 Å². The van der Waals surface area contributed by atoms with Gasteiger partial charge in [0.2, 0.25) is 11.7 Å². The highest BCUT2D eigenvalue weighted by Crippen LogP contribution is 2.22. The van der Waals surface area contributed by atoms with Crippen LogP contribution in [0.2, 0.25) is 0 Å². The van der Waals surface area contributed by atoms with Crippen LogP contribution in [0.25, 0.3) is 22.5 Å². The second-order valence-corrected chi connectivity index (χ2v) is 3.96. The van der Waals surface area contributed by atoms with Crippen LogP contribution in [0.1, 0.15) is 11.8 Å². The predicted molar refractivity (Wildman–Crippen MR) is 64.8 cm³/mol. The van der Waals surface area contributed by atoms with Crippen LogP contribution in [-0.4, -0.2) is 22.2 Å². The number of rotatable bonds is 3. The van der Waals surface area contributed by atoms with Crippen molar-refractivity contribution in [1.82, 2.24) is 20.4 Å². The predicted octanol–water partition coefficient (Wildman–Crippen LogP) is 1.91. The molecule has 6 heteroatoms. The Morgan fingerprint density at radius 1 is 1.28 bits per heavy atom. The molecule has 2 heterocycles. The Bertz CT molecular complexity index is 686. The Labute approximate surface area is 103 Å². The van der Waals surface area contributed by atoms with Crippen LogP contribution in [-0.2, 0) is 6.54 Å². The molecule has 0 aliphatic carbocycles. The van der Waals surface area contributed by atoms with Crippen LogP contribution >= 0.6 is 0 Å². The maximum absolute atomic E-state index is 5.47. The number of benzene rings is 1. The minimum atomic E-state index is 0.552. The zero-order valence-corrected chi connectivity index (χ0v) is 10.1. The third-order valence-corrected chi connectivity index (χ3v) is 2.55. The zero-order chi connectivity index (χ0) is 12.5. The summed E-state index contributed by atoms with van der Waals surface area (Å²) >= 11 is 0. The van der Waals surface area contributed by atoms with Crippen molar-refractivity contribution in [3.05, 3.63) is 30.0 Å². The first kappa shape index (κ1) is 10.9. The highest BCUT2D eigenvalue weighted by molar-refractivity contribution is 5.78. The topological polar surface area (TPSA) is 77.0 Å². The molecule has 92 valence electrons. The molecule has 0 radical (unpaired) electrons. The van der Waals surface area contributed by atoms with Gasteiger partial charge in [-0.3, -0.25) is 0 Å². The lowest BCUT2D eigenvalue weighted by Gasteiger charge is -1.92. The maximum atomic E-state index is 5.47. The number of hydrogen-bond donors (Lipinski definition) is 1. The first-order chi connectivity index (χ1) is 8.76. The molecule has 1 aromatic carbocycles. The molecule has 0 spiro atoms. The van der Waals surface area contributed by atoms with Gasteiger partial charge in [-0.1, -0.05) is 5.16 Å². The largest absolute Gasteiger partial charge is 0.441 e. The second kappa shape index (κ2) is 4.23. The Balaban J connectivity index is 2.01. The number of fused-ring (bicyclic) bond motifs is 1. The number of nitrogens with one attached hydrogen (secondary N) is 1. The third-order valence-electron chi connectivity index (χ3n) is 2.55. The fraction of sp³-hybridized carbons (Fsp3) is 0.250. The lowest BCUT2D eigenvalue weighted by molar-refractivity contribution is 0.372. The van der Waals surface area contributed by atoms with E-state index in [2.05, 4.69) is 20.4 Å². The number of aryl methyl sites for hydroxylation is 1. The molecule has 6 nitrogen and oxygen atoms in total. The standard InChI is InChI=1S/C12H12N4O2/c1-7-14-9-4-3-8(5-10(9)17-7)12-15-11(6-13-2)18-16-12/h3-5,13H,6H2,1-2H3. The van der Waals surface area contributed by atoms with Crippen molar-refractivity contribution < 1.29 is 8.94 Å². The third kappa shape index (κ3) is 1.86. The van der Waals surface area contributed by atoms with Gasteiger partial charge in [0.15, 0.2) is 11.5 Å². The van der Waals surface area contributed by atoms with Gasteiger partial charge in [0.25, 0.3) is 0 Å². The summed E-state index contributed by atoms with van der Waals surface area (Å²) in [5, 5.41) is 6.89. The van der Waals surface area contributed by atoms with Crippen molar-refractivity contribution in [3.63, 3.8) is 0 Å². The molecule has 0 atom stereocenters. The van der Waals surface area contributed by atoms with Gasteiger partial charge in [0, 0.05) is 12.5 Å². The van der Waals surface area contributed by atoms with Crippen LogP contribution in [0.15, 0.2) is 27.1 Å². The van der Waals surface area contributed by atoms with Crippen LogP contribution in [0.3, 0.4) is 0 Å². The van der Waals surface area contributed by atoms with Crippen molar-refractivity contribution in [2.45, 2.75) is 13.5 Å². The number of aromatic nitrogens is 3. The molecule has 0 aliphatic rings. The van der Waals surface area contributed by atoms with Crippen LogP contribution < -0.4 is 5.32 Å². The molecular weight excluding hydrogens is 232 g/mol. The monoisotopic (exact) mass is 244 g/mol. The van der Waals surface area contributed by atoms with E-state index in [-0.39, 0.29) is 0 Å². The van der Waals surface area contributed by atoms with Crippen LogP contribution in [0.5, 0.6) is 0 Å². The summed E-state index contributed by atoms with van der Waals surface area (Å²) in [4.78, 5) is 8.52. The Morgan fingerprint density at radius 2 is 2.17 bits per heavy atom. The Hall–Kier alpha value is -2.21. The summed E-state index contributed by atoms with van der Waals surface area (Å²) in [6.45, 7) is 2.37. The summed E-state index contributed by atoms with van der Waals surface area (Å²) in [6.07, 6.45) is 0. The highest BCUT2D eigenvalue weighted by Gasteiger charge is 2.10. The van der Waals surface area contributed by atoms with E-state index in [1.807, 2.05) is 32.2 Å². The number of hydrogen-bond acceptors (Lipinski definition) is 6. The van der Waals surface area contributed by atoms with Crippen molar-refractivity contribution in [2.75, 3.05) is 7.05 Å². The van der Waals surface area contributed by atoms with E-state index in [1.54, 1.807) is 0 Å². The molecule has 3 aromatic rings. The smallest absolute Gasteiger partial charge is 0.240 e. The minimum absolute atomic E-state index is 0.552. The van der Waals surface area contributed by atoms with E-state index in [0.29, 0.717) is 24.2 Å². The van der Waals surface area contributed by atoms with E-state index >= 15 is 0 Å². The molecule has 0 bridgehead atoms. The normalized spacial score (nSPS) is 11.2. The van der Waals surface area contributed by atoms with Gasteiger partial charge in [-0.2, -0.15) is 4.98 Å². The number of nitrogens with zero attached hydrogens (tertiary/aromatic N) is 3. The van der Waals surface area contributed by atoms with Crippen LogP contribution in [0.4, 0.5) is 0 Å². The first-order valence-electron chi connectivity index (χ1n) is 5.61. The fourth-order valence-electron chi connectivity index (χ4n) is 1.77. The van der Waals surface area contributed by atoms with Gasteiger partial charge in [0.05, 0.1) is 6.54 Å². The van der Waals surface area contributed by atoms with Gasteiger partial charge in [-0.15, -0.1) is 0 Å². The molecular formula is C12H12N4O2. The van der Waals surface area contributed by atoms with Crippen molar-refractivity contribution in [2.24, 2.45) is 0 Å². The lowest BCUT2D eigenvalue weighted by Crippen LogP contribution is -2.04. The van der Waals surface area contributed by atoms with Gasteiger partial charge in [0.1, 0.15) is 5.52 Å². The number of oxazole rings is 1. The average Bonchev–Trinajstić information content (AvgIpc) is 2.93. The highest BCUT2D eigenvalue weighted by atomic mass is 16.5. The van der Waals surface area contributed by atoms with Gasteiger partial charge < -0.3 is 14.3 Å². The van der Waals surface area contributed by atoms with E-state index in [1.165, 1.54) is 0 Å². The molecule has 0 aliphatic heterocycles. The molecule has 2 aromatic heterocycles. The van der Waals surface area contributed by atoms with E-state index < -0.39 is 0 Å². The quantitative estimate of drug-likeness (QED) is 0.758. The summed E-state index contributed by atoms with van der Waals surface area (Å²) in [7, 11) is 1.83. The lowest BCUT2D eigenvalue weighted by atomic mass is 10.2. The zero-order valence-electron chi connectivity index (χ0n) is 10.1. The minimum Gasteiger partial charge on any atom is -0.441 e. The molecule has 0 amide bonds. The molecule has 1 N–H and O–H groups in total. The summed E-state index contributed by atoms with van der Waals surface area (Å²) < 4.78 is 10.6. The molecule has 18 heavy (non-hydrogen) atoms. The van der Waals surface area contributed by atoms with Crippen LogP contribution in [0, 0.1) is 6.92 Å². The van der Waals surface area contributed by atoms with Crippen molar-refractivity contribution in [3.8, 4) is 11.4 Å². The molecule has 0 unspecified atom stereocenters. The first-order valence-corrected chi connectivity index (χ1v) is 5.61. The molecule has 0 fully saturated rings. The molecule has 3 rings (SSSR count). The Kier molecular flexibility index (Phi) is 2.56. The van der Waals surface area contributed by atoms with E-state index in [9.17, 15) is 0 Å². The molecule has 0 saturated carbocycles. The van der Waals surface area contributed by atoms with Gasteiger partial charge >= 0.3 is 0 Å². The van der Waals surface area contributed by atoms with Crippen molar-refractivity contribution in [1.29, 1.82) is 0 Å². The van der Waals surface area contributed by atoms with E-state index in [0.717, 1.165) is 16.7 Å². The summed E-state index contributed by atoms with van der Waals surface area (Å²) in [5.41, 5.74) is 2.41. The Morgan fingerprint density at radius 3 is 3.00 bits per heavy atom. The average molecular weight is 244 g/mol. The summed E-state index contributed by atoms with van der Waals surface area (Å²) in [6, 6.07) is 5.65. The fourth-order valence-corrected chi connectivity index (χ4v) is 1.77. The van der Waals surface area contributed by atoms with Crippen molar-refractivity contribution >= 4 is 11.1 Å².